The van der Waals surface area contributed by atoms with Gasteiger partial charge in [-0.25, -0.2) is 8.42 Å². The number of ether oxygens (including phenoxy) is 4. The number of amides is 1. The first-order chi connectivity index (χ1) is 19.0. The Morgan fingerprint density at radius 2 is 1.60 bits per heavy atom. The van der Waals surface area contributed by atoms with Crippen LogP contribution in [0.5, 0.6) is 23.0 Å². The molecule has 214 valence electrons. The van der Waals surface area contributed by atoms with Crippen molar-refractivity contribution < 1.29 is 37.1 Å². The summed E-state index contributed by atoms with van der Waals surface area (Å²) < 4.78 is 49.9. The molecule has 0 radical (unpaired) electrons. The molecular formula is C26H28ClN3O9S. The molecule has 0 aliphatic heterocycles. The average molecular weight is 594 g/mol. The Balaban J connectivity index is 2.01. The van der Waals surface area contributed by atoms with Crippen LogP contribution in [0.15, 0.2) is 53.4 Å². The standard InChI is InChI=1S/C26H28ClN3O9S/c1-16-6-9-19(13-20(16)30(32)33)40(34,35)29(21-12-18(27)8-11-22(21)36-2)15-24(31)28-14-17-7-10-23(37-3)26(39-5)25(17)38-4/h6-13H,14-15H2,1-5H3,(H,28,31). The number of methoxy groups -OCH3 is 4. The third-order valence-corrected chi connectivity index (χ3v) is 7.91. The lowest BCUT2D eigenvalue weighted by Gasteiger charge is -2.26. The number of nitro groups is 1. The van der Waals surface area contributed by atoms with E-state index in [9.17, 15) is 23.3 Å². The predicted octanol–water partition coefficient (Wildman–Crippen LogP) is 4.10. The number of carbonyl (C=O) groups is 1. The molecule has 3 aromatic rings. The van der Waals surface area contributed by atoms with E-state index in [-0.39, 0.29) is 39.2 Å². The van der Waals surface area contributed by atoms with Crippen molar-refractivity contribution in [1.29, 1.82) is 0 Å². The lowest BCUT2D eigenvalue weighted by Crippen LogP contribution is -2.41. The molecule has 0 atom stereocenters. The number of sulfonamides is 1. The molecule has 0 saturated heterocycles. The first-order valence-corrected chi connectivity index (χ1v) is 13.5. The summed E-state index contributed by atoms with van der Waals surface area (Å²) in [6.07, 6.45) is 0. The van der Waals surface area contributed by atoms with Crippen molar-refractivity contribution in [2.24, 2.45) is 0 Å². The van der Waals surface area contributed by atoms with Crippen molar-refractivity contribution in [2.75, 3.05) is 39.3 Å². The maximum absolute atomic E-state index is 13.8. The molecule has 0 bridgehead atoms. The van der Waals surface area contributed by atoms with Crippen LogP contribution in [0.25, 0.3) is 0 Å². The second kappa shape index (κ2) is 12.7. The van der Waals surface area contributed by atoms with Gasteiger partial charge in [0.2, 0.25) is 11.7 Å². The maximum Gasteiger partial charge on any atom is 0.273 e. The molecule has 14 heteroatoms. The number of benzene rings is 3. The van der Waals surface area contributed by atoms with E-state index < -0.39 is 27.4 Å². The quantitative estimate of drug-likeness (QED) is 0.242. The summed E-state index contributed by atoms with van der Waals surface area (Å²) in [7, 11) is 1.16. The third kappa shape index (κ3) is 6.32. The van der Waals surface area contributed by atoms with Gasteiger partial charge in [0, 0.05) is 28.8 Å². The van der Waals surface area contributed by atoms with Gasteiger partial charge in [-0.1, -0.05) is 17.7 Å². The van der Waals surface area contributed by atoms with Crippen LogP contribution in [0.3, 0.4) is 0 Å². The van der Waals surface area contributed by atoms with Gasteiger partial charge >= 0.3 is 0 Å². The Kier molecular flexibility index (Phi) is 9.66. The molecule has 0 spiro atoms. The molecule has 12 nitrogen and oxygen atoms in total. The van der Waals surface area contributed by atoms with Crippen LogP contribution in [0, 0.1) is 17.0 Å². The number of hydrogen-bond donors (Lipinski definition) is 1. The van der Waals surface area contributed by atoms with Crippen molar-refractivity contribution in [2.45, 2.75) is 18.4 Å². The SMILES string of the molecule is COc1ccc(Cl)cc1N(CC(=O)NCc1ccc(OC)c(OC)c1OC)S(=O)(=O)c1ccc(C)c([N+](=O)[O-])c1. The molecule has 0 aromatic heterocycles. The number of hydrogen-bond acceptors (Lipinski definition) is 9. The number of nitrogens with one attached hydrogen (secondary N) is 1. The van der Waals surface area contributed by atoms with E-state index >= 15 is 0 Å². The fourth-order valence-electron chi connectivity index (χ4n) is 3.91. The highest BCUT2D eigenvalue weighted by molar-refractivity contribution is 7.92. The van der Waals surface area contributed by atoms with E-state index in [0.717, 1.165) is 10.4 Å². The Morgan fingerprint density at radius 3 is 2.20 bits per heavy atom. The molecule has 0 saturated carbocycles. The van der Waals surface area contributed by atoms with E-state index in [2.05, 4.69) is 5.32 Å². The lowest BCUT2D eigenvalue weighted by molar-refractivity contribution is -0.385. The normalized spacial score (nSPS) is 10.9. The molecule has 1 amide bonds. The summed E-state index contributed by atoms with van der Waals surface area (Å²) in [6.45, 7) is 0.747. The number of nitro benzene ring substituents is 1. The van der Waals surface area contributed by atoms with Crippen molar-refractivity contribution in [3.8, 4) is 23.0 Å². The molecule has 0 aliphatic carbocycles. The topological polar surface area (TPSA) is 147 Å². The van der Waals surface area contributed by atoms with Gasteiger partial charge in [0.25, 0.3) is 15.7 Å². The fraction of sp³-hybridized carbons (Fsp3) is 0.269. The fourth-order valence-corrected chi connectivity index (χ4v) is 5.52. The molecule has 1 N–H and O–H groups in total. The number of carbonyl (C=O) groups excluding carboxylic acids is 1. The van der Waals surface area contributed by atoms with Crippen LogP contribution in [0.2, 0.25) is 5.02 Å². The molecule has 0 unspecified atom stereocenters. The van der Waals surface area contributed by atoms with E-state index in [1.807, 2.05) is 0 Å². The third-order valence-electron chi connectivity index (χ3n) is 5.92. The molecule has 40 heavy (non-hydrogen) atoms. The minimum atomic E-state index is -4.52. The van der Waals surface area contributed by atoms with E-state index in [4.69, 9.17) is 30.5 Å². The zero-order valence-corrected chi connectivity index (χ0v) is 24.0. The van der Waals surface area contributed by atoms with E-state index in [1.54, 1.807) is 12.1 Å². The minimum Gasteiger partial charge on any atom is -0.495 e. The maximum atomic E-state index is 13.8. The van der Waals surface area contributed by atoms with Gasteiger partial charge in [-0.15, -0.1) is 0 Å². The van der Waals surface area contributed by atoms with Crippen LogP contribution in [-0.2, 0) is 21.4 Å². The summed E-state index contributed by atoms with van der Waals surface area (Å²) in [4.78, 5) is 23.6. The van der Waals surface area contributed by atoms with Gasteiger partial charge in [-0.2, -0.15) is 0 Å². The summed E-state index contributed by atoms with van der Waals surface area (Å²) in [5.74, 6) is 0.501. The Bertz CT molecular complexity index is 1530. The largest absolute Gasteiger partial charge is 0.495 e. The second-order valence-electron chi connectivity index (χ2n) is 8.30. The van der Waals surface area contributed by atoms with Gasteiger partial charge in [-0.3, -0.25) is 19.2 Å². The Labute approximate surface area is 236 Å². The first kappa shape index (κ1) is 30.3. The highest BCUT2D eigenvalue weighted by atomic mass is 35.5. The number of aryl methyl sites for hydroxylation is 1. The number of halogens is 1. The van der Waals surface area contributed by atoms with Gasteiger partial charge in [0.05, 0.1) is 43.9 Å². The summed E-state index contributed by atoms with van der Waals surface area (Å²) in [5.41, 5.74) is 0.399. The summed E-state index contributed by atoms with van der Waals surface area (Å²) >= 11 is 6.16. The van der Waals surface area contributed by atoms with Crippen molar-refractivity contribution in [3.05, 3.63) is 74.8 Å². The van der Waals surface area contributed by atoms with E-state index in [0.29, 0.717) is 22.8 Å². The van der Waals surface area contributed by atoms with Gasteiger partial charge in [0.1, 0.15) is 12.3 Å². The molecule has 0 heterocycles. The van der Waals surface area contributed by atoms with Crippen molar-refractivity contribution in [1.82, 2.24) is 5.32 Å². The molecule has 3 aromatic carbocycles. The lowest BCUT2D eigenvalue weighted by atomic mass is 10.1. The number of anilines is 1. The van der Waals surface area contributed by atoms with Crippen LogP contribution in [-0.4, -0.2) is 54.2 Å². The average Bonchev–Trinajstić information content (AvgIpc) is 2.93. The second-order valence-corrected chi connectivity index (χ2v) is 10.6. The van der Waals surface area contributed by atoms with Crippen molar-refractivity contribution >= 4 is 38.9 Å². The summed E-state index contributed by atoms with van der Waals surface area (Å²) in [5, 5.41) is 14.3. The smallest absolute Gasteiger partial charge is 0.273 e. The number of nitrogens with zero attached hydrogens (tertiary/aromatic N) is 2. The molecular weight excluding hydrogens is 566 g/mol. The highest BCUT2D eigenvalue weighted by Crippen LogP contribution is 2.40. The zero-order valence-electron chi connectivity index (χ0n) is 22.4. The zero-order chi connectivity index (χ0) is 29.6. The van der Waals surface area contributed by atoms with Gasteiger partial charge in [0.15, 0.2) is 11.5 Å². The first-order valence-electron chi connectivity index (χ1n) is 11.6. The van der Waals surface area contributed by atoms with Gasteiger partial charge < -0.3 is 24.3 Å². The number of rotatable bonds is 12. The van der Waals surface area contributed by atoms with Gasteiger partial charge in [-0.05, 0) is 43.3 Å². The highest BCUT2D eigenvalue weighted by Gasteiger charge is 2.31. The molecule has 0 aliphatic rings. The van der Waals surface area contributed by atoms with Crippen LogP contribution < -0.4 is 28.6 Å². The van der Waals surface area contributed by atoms with Crippen LogP contribution >= 0.6 is 11.6 Å². The van der Waals surface area contributed by atoms with Crippen molar-refractivity contribution in [3.63, 3.8) is 0 Å². The minimum absolute atomic E-state index is 0.0305. The predicted molar refractivity (Wildman–Crippen MR) is 148 cm³/mol. The Morgan fingerprint density at radius 1 is 0.950 bits per heavy atom. The van der Waals surface area contributed by atoms with Crippen LogP contribution in [0.1, 0.15) is 11.1 Å². The summed E-state index contributed by atoms with van der Waals surface area (Å²) in [6, 6.07) is 11.1. The molecule has 0 fully saturated rings. The Hall–Kier alpha value is -4.23. The monoisotopic (exact) mass is 593 g/mol. The molecule has 3 rings (SSSR count). The van der Waals surface area contributed by atoms with E-state index in [1.165, 1.54) is 65.7 Å². The van der Waals surface area contributed by atoms with Crippen LogP contribution in [0.4, 0.5) is 11.4 Å².